The van der Waals surface area contributed by atoms with Gasteiger partial charge in [-0.3, -0.25) is 9.69 Å². The van der Waals surface area contributed by atoms with E-state index in [-0.39, 0.29) is 29.2 Å². The average molecular weight is 437 g/mol. The Hall–Kier alpha value is -1.98. The Morgan fingerprint density at radius 2 is 1.97 bits per heavy atom. The Kier molecular flexibility index (Phi) is 5.88. The number of rotatable bonds is 5. The minimum atomic E-state index is -2.89. The molecule has 0 unspecified atom stereocenters. The van der Waals surface area contributed by atoms with Crippen LogP contribution in [0.2, 0.25) is 0 Å². The van der Waals surface area contributed by atoms with E-state index in [9.17, 15) is 13.2 Å². The van der Waals surface area contributed by atoms with Crippen molar-refractivity contribution in [3.05, 3.63) is 29.8 Å². The monoisotopic (exact) mass is 436 g/mol. The van der Waals surface area contributed by atoms with E-state index >= 15 is 0 Å². The van der Waals surface area contributed by atoms with Gasteiger partial charge in [0, 0.05) is 32.2 Å². The molecule has 4 rings (SSSR count). The zero-order valence-electron chi connectivity index (χ0n) is 16.3. The zero-order valence-corrected chi connectivity index (χ0v) is 17.9. The van der Waals surface area contributed by atoms with Crippen LogP contribution in [0.1, 0.15) is 12.0 Å². The maximum atomic E-state index is 12.7. The van der Waals surface area contributed by atoms with Gasteiger partial charge in [0.2, 0.25) is 11.1 Å². The van der Waals surface area contributed by atoms with E-state index in [1.54, 1.807) is 4.68 Å². The Morgan fingerprint density at radius 1 is 1.21 bits per heavy atom. The van der Waals surface area contributed by atoms with Crippen molar-refractivity contribution in [2.45, 2.75) is 24.5 Å². The molecule has 1 aromatic carbocycles. The molecule has 0 radical (unpaired) electrons. The van der Waals surface area contributed by atoms with Crippen LogP contribution in [-0.2, 0) is 14.6 Å². The number of carbonyl (C=O) groups is 1. The van der Waals surface area contributed by atoms with Crippen LogP contribution < -0.4 is 0 Å². The molecule has 2 aliphatic heterocycles. The predicted molar refractivity (Wildman–Crippen MR) is 110 cm³/mol. The summed E-state index contributed by atoms with van der Waals surface area (Å²) >= 11 is 1.33. The summed E-state index contributed by atoms with van der Waals surface area (Å²) in [5, 5.41) is 12.5. The first kappa shape index (κ1) is 20.3. The van der Waals surface area contributed by atoms with Gasteiger partial charge in [-0.2, -0.15) is 4.68 Å². The molecule has 2 aliphatic rings. The fourth-order valence-corrected chi connectivity index (χ4v) is 6.39. The molecule has 3 heterocycles. The van der Waals surface area contributed by atoms with Crippen LogP contribution in [0.15, 0.2) is 29.4 Å². The highest BCUT2D eigenvalue weighted by Crippen LogP contribution is 2.22. The number of amides is 1. The number of nitrogens with zero attached hydrogens (tertiary/aromatic N) is 6. The first-order valence-electron chi connectivity index (χ1n) is 9.62. The third-order valence-corrected chi connectivity index (χ3v) is 8.16. The molecule has 0 aliphatic carbocycles. The Balaban J connectivity index is 1.31. The van der Waals surface area contributed by atoms with E-state index in [2.05, 4.69) is 20.4 Å². The normalized spacial score (nSPS) is 22.1. The molecule has 11 heteroatoms. The van der Waals surface area contributed by atoms with E-state index < -0.39 is 9.84 Å². The first-order chi connectivity index (χ1) is 13.9. The number of thioether (sulfide) groups is 1. The van der Waals surface area contributed by atoms with Crippen LogP contribution in [-0.4, -0.2) is 93.8 Å². The highest BCUT2D eigenvalue weighted by molar-refractivity contribution is 7.99. The van der Waals surface area contributed by atoms with Crippen LogP contribution in [0, 0.1) is 6.92 Å². The third kappa shape index (κ3) is 4.62. The number of tetrazole rings is 1. The lowest BCUT2D eigenvalue weighted by Crippen LogP contribution is -2.52. The third-order valence-electron chi connectivity index (χ3n) is 5.50. The molecule has 29 heavy (non-hydrogen) atoms. The van der Waals surface area contributed by atoms with Gasteiger partial charge in [-0.1, -0.05) is 30.0 Å². The van der Waals surface area contributed by atoms with Gasteiger partial charge in [-0.05, 0) is 35.4 Å². The molecule has 156 valence electrons. The molecule has 9 nitrogen and oxygen atoms in total. The second kappa shape index (κ2) is 8.41. The quantitative estimate of drug-likeness (QED) is 0.621. The predicted octanol–water partition coefficient (Wildman–Crippen LogP) is 0.394. The minimum Gasteiger partial charge on any atom is -0.339 e. The van der Waals surface area contributed by atoms with Crippen molar-refractivity contribution in [2.24, 2.45) is 0 Å². The molecule has 0 N–H and O–H groups in total. The van der Waals surface area contributed by atoms with E-state index in [0.717, 1.165) is 24.3 Å². The zero-order chi connectivity index (χ0) is 20.4. The SMILES string of the molecule is Cc1ccccc1-n1nnnc1SCC(=O)N1CCN([C@H]2CCS(=O)(=O)C2)CC1. The average Bonchev–Trinajstić information content (AvgIpc) is 3.32. The number of para-hydroxylation sites is 1. The Morgan fingerprint density at radius 3 is 2.66 bits per heavy atom. The van der Waals surface area contributed by atoms with Crippen LogP contribution in [0.4, 0.5) is 0 Å². The van der Waals surface area contributed by atoms with Crippen molar-refractivity contribution in [1.29, 1.82) is 0 Å². The van der Waals surface area contributed by atoms with Gasteiger partial charge in [0.1, 0.15) is 0 Å². The van der Waals surface area contributed by atoms with E-state index in [1.807, 2.05) is 36.1 Å². The number of benzene rings is 1. The summed E-state index contributed by atoms with van der Waals surface area (Å²) in [6.07, 6.45) is 0.702. The number of aromatic nitrogens is 4. The first-order valence-corrected chi connectivity index (χ1v) is 12.4. The van der Waals surface area contributed by atoms with Crippen LogP contribution in [0.5, 0.6) is 0 Å². The lowest BCUT2D eigenvalue weighted by Gasteiger charge is -2.37. The number of carbonyl (C=O) groups excluding carboxylic acids is 1. The van der Waals surface area contributed by atoms with Gasteiger partial charge in [-0.15, -0.1) is 5.10 Å². The summed E-state index contributed by atoms with van der Waals surface area (Å²) in [6, 6.07) is 7.93. The summed E-state index contributed by atoms with van der Waals surface area (Å²) in [6.45, 7) is 4.68. The maximum Gasteiger partial charge on any atom is 0.233 e. The number of hydrogen-bond donors (Lipinski definition) is 0. The Bertz CT molecular complexity index is 985. The summed E-state index contributed by atoms with van der Waals surface area (Å²) < 4.78 is 25.0. The molecule has 0 spiro atoms. The second-order valence-corrected chi connectivity index (χ2v) is 10.6. The lowest BCUT2D eigenvalue weighted by atomic mass is 10.2. The number of piperazine rings is 1. The molecule has 2 aromatic rings. The van der Waals surface area contributed by atoms with Crippen LogP contribution in [0.3, 0.4) is 0 Å². The Labute approximate surface area is 174 Å². The molecular formula is C18H24N6O3S2. The smallest absolute Gasteiger partial charge is 0.233 e. The molecule has 2 saturated heterocycles. The van der Waals surface area contributed by atoms with Crippen molar-refractivity contribution in [3.63, 3.8) is 0 Å². The molecule has 0 bridgehead atoms. The highest BCUT2D eigenvalue weighted by Gasteiger charge is 2.34. The lowest BCUT2D eigenvalue weighted by molar-refractivity contribution is -0.130. The van der Waals surface area contributed by atoms with Gasteiger partial charge in [0.15, 0.2) is 9.84 Å². The van der Waals surface area contributed by atoms with Crippen molar-refractivity contribution in [1.82, 2.24) is 30.0 Å². The number of aryl methyl sites for hydroxylation is 1. The molecule has 0 saturated carbocycles. The highest BCUT2D eigenvalue weighted by atomic mass is 32.2. The van der Waals surface area contributed by atoms with Gasteiger partial charge in [0.25, 0.3) is 0 Å². The summed E-state index contributed by atoms with van der Waals surface area (Å²) in [5.41, 5.74) is 1.95. The molecule has 1 atom stereocenters. The van der Waals surface area contributed by atoms with E-state index in [1.165, 1.54) is 11.8 Å². The van der Waals surface area contributed by atoms with Gasteiger partial charge in [-0.25, -0.2) is 8.42 Å². The summed E-state index contributed by atoms with van der Waals surface area (Å²) in [4.78, 5) is 16.7. The van der Waals surface area contributed by atoms with E-state index in [0.29, 0.717) is 24.7 Å². The largest absolute Gasteiger partial charge is 0.339 e. The van der Waals surface area contributed by atoms with Crippen molar-refractivity contribution in [2.75, 3.05) is 43.4 Å². The molecule has 2 fully saturated rings. The topological polar surface area (TPSA) is 101 Å². The van der Waals surface area contributed by atoms with Crippen molar-refractivity contribution >= 4 is 27.5 Å². The van der Waals surface area contributed by atoms with Crippen LogP contribution >= 0.6 is 11.8 Å². The standard InChI is InChI=1S/C18H24N6O3S2/c1-14-4-2-3-5-16(14)24-18(19-20-21-24)28-12-17(25)23-9-7-22(8-10-23)15-6-11-29(26,27)13-15/h2-5,15H,6-13H2,1H3/t15-/m0/s1. The van der Waals surface area contributed by atoms with Gasteiger partial charge >= 0.3 is 0 Å². The molecule has 1 amide bonds. The fourth-order valence-electron chi connectivity index (χ4n) is 3.84. The number of hydrogen-bond acceptors (Lipinski definition) is 8. The fraction of sp³-hybridized carbons (Fsp3) is 0.556. The van der Waals surface area contributed by atoms with Crippen molar-refractivity contribution in [3.8, 4) is 5.69 Å². The minimum absolute atomic E-state index is 0.0491. The van der Waals surface area contributed by atoms with Gasteiger partial charge in [0.05, 0.1) is 22.9 Å². The number of sulfone groups is 1. The van der Waals surface area contributed by atoms with Crippen molar-refractivity contribution < 1.29 is 13.2 Å². The molecular weight excluding hydrogens is 412 g/mol. The summed E-state index contributed by atoms with van der Waals surface area (Å²) in [7, 11) is -2.89. The summed E-state index contributed by atoms with van der Waals surface area (Å²) in [5.74, 6) is 0.846. The maximum absolute atomic E-state index is 12.7. The second-order valence-electron chi connectivity index (χ2n) is 7.42. The van der Waals surface area contributed by atoms with E-state index in [4.69, 9.17) is 0 Å². The molecule has 1 aromatic heterocycles. The van der Waals surface area contributed by atoms with Crippen LogP contribution in [0.25, 0.3) is 5.69 Å². The van der Waals surface area contributed by atoms with Gasteiger partial charge < -0.3 is 4.90 Å².